The molecule has 0 aliphatic carbocycles. The first kappa shape index (κ1) is 13.3. The van der Waals surface area contributed by atoms with Gasteiger partial charge in [0.1, 0.15) is 0 Å². The number of ketones is 1. The van der Waals surface area contributed by atoms with Crippen LogP contribution in [0.15, 0.2) is 6.07 Å². The molecule has 1 aromatic heterocycles. The van der Waals surface area contributed by atoms with Crippen LogP contribution in [0.1, 0.15) is 28.2 Å². The van der Waals surface area contributed by atoms with E-state index in [0.29, 0.717) is 5.75 Å². The van der Waals surface area contributed by atoms with Crippen LogP contribution in [-0.4, -0.2) is 36.0 Å². The van der Waals surface area contributed by atoms with Gasteiger partial charge in [-0.1, -0.05) is 0 Å². The first-order valence-corrected chi connectivity index (χ1v) is 6.56. The van der Waals surface area contributed by atoms with Gasteiger partial charge in [0.25, 0.3) is 0 Å². The summed E-state index contributed by atoms with van der Waals surface area (Å²) in [4.78, 5) is 15.0. The molecule has 0 spiro atoms. The van der Waals surface area contributed by atoms with Crippen molar-refractivity contribution in [3.63, 3.8) is 0 Å². The lowest BCUT2D eigenvalue weighted by Crippen LogP contribution is -2.04. The van der Waals surface area contributed by atoms with E-state index in [0.717, 1.165) is 35.7 Å². The Hall–Kier alpha value is -0.740. The third-order valence-corrected chi connectivity index (χ3v) is 3.36. The van der Waals surface area contributed by atoms with Gasteiger partial charge in [0.05, 0.1) is 5.75 Å². The molecule has 0 atom stereocenters. The zero-order valence-electron chi connectivity index (χ0n) is 10.1. The van der Waals surface area contributed by atoms with Crippen LogP contribution in [0, 0.1) is 13.8 Å². The van der Waals surface area contributed by atoms with Crippen molar-refractivity contribution in [2.24, 2.45) is 0 Å². The maximum Gasteiger partial charge on any atom is 0.174 e. The fraction of sp³-hybridized carbons (Fsp3) is 0.583. The fourth-order valence-corrected chi connectivity index (χ4v) is 2.37. The Morgan fingerprint density at radius 1 is 1.50 bits per heavy atom. The minimum absolute atomic E-state index is 0.212. The van der Waals surface area contributed by atoms with Gasteiger partial charge in [-0.25, -0.2) is 0 Å². The molecule has 0 bridgehead atoms. The lowest BCUT2D eigenvalue weighted by Gasteiger charge is -2.00. The van der Waals surface area contributed by atoms with Gasteiger partial charge >= 0.3 is 0 Å². The maximum atomic E-state index is 11.8. The minimum atomic E-state index is 0.212. The average molecular weight is 241 g/mol. The van der Waals surface area contributed by atoms with Crippen LogP contribution in [0.25, 0.3) is 0 Å². The Kier molecular flexibility index (Phi) is 5.63. The SMILES string of the molecule is COCCCSCC(=O)c1cc(C)[nH]c1C. The first-order chi connectivity index (χ1) is 7.65. The van der Waals surface area contributed by atoms with Gasteiger partial charge in [0, 0.05) is 30.7 Å². The number of nitrogens with one attached hydrogen (secondary N) is 1. The van der Waals surface area contributed by atoms with Crippen molar-refractivity contribution in [3.05, 3.63) is 23.0 Å². The molecule has 1 N–H and O–H groups in total. The predicted octanol–water partition coefficient (Wildman–Crippen LogP) is 2.58. The quantitative estimate of drug-likeness (QED) is 0.589. The molecule has 0 aliphatic rings. The van der Waals surface area contributed by atoms with Crippen LogP contribution in [0.4, 0.5) is 0 Å². The Labute approximate surface area is 101 Å². The number of hydrogen-bond acceptors (Lipinski definition) is 3. The molecule has 4 heteroatoms. The number of thioether (sulfide) groups is 1. The standard InChI is InChI=1S/C12H19NO2S/c1-9-7-11(10(2)13-9)12(14)8-16-6-4-5-15-3/h7,13H,4-6,8H2,1-3H3. The van der Waals surface area contributed by atoms with Crippen molar-refractivity contribution in [1.82, 2.24) is 4.98 Å². The third-order valence-electron chi connectivity index (χ3n) is 2.32. The number of carbonyl (C=O) groups excluding carboxylic acids is 1. The summed E-state index contributed by atoms with van der Waals surface area (Å²) in [5.74, 6) is 1.74. The Morgan fingerprint density at radius 3 is 2.81 bits per heavy atom. The highest BCUT2D eigenvalue weighted by Gasteiger charge is 2.10. The molecule has 0 unspecified atom stereocenters. The Balaban J connectivity index is 2.33. The van der Waals surface area contributed by atoms with Crippen LogP contribution in [-0.2, 0) is 4.74 Å². The number of methoxy groups -OCH3 is 1. The molecule has 3 nitrogen and oxygen atoms in total. The van der Waals surface area contributed by atoms with Crippen molar-refractivity contribution in [2.75, 3.05) is 25.2 Å². The number of aromatic amines is 1. The summed E-state index contributed by atoms with van der Waals surface area (Å²) in [5.41, 5.74) is 2.85. The second-order valence-electron chi connectivity index (χ2n) is 3.81. The first-order valence-electron chi connectivity index (χ1n) is 5.41. The highest BCUT2D eigenvalue weighted by molar-refractivity contribution is 7.99. The van der Waals surface area contributed by atoms with Crippen molar-refractivity contribution in [3.8, 4) is 0 Å². The smallest absolute Gasteiger partial charge is 0.174 e. The molecule has 0 aromatic carbocycles. The second-order valence-corrected chi connectivity index (χ2v) is 4.92. The van der Waals surface area contributed by atoms with Crippen LogP contribution in [0.2, 0.25) is 0 Å². The van der Waals surface area contributed by atoms with E-state index in [1.54, 1.807) is 18.9 Å². The zero-order valence-corrected chi connectivity index (χ0v) is 10.9. The highest BCUT2D eigenvalue weighted by Crippen LogP contribution is 2.13. The molecule has 1 rings (SSSR count). The highest BCUT2D eigenvalue weighted by atomic mass is 32.2. The van der Waals surface area contributed by atoms with Gasteiger partial charge in [-0.3, -0.25) is 4.79 Å². The second kappa shape index (κ2) is 6.76. The van der Waals surface area contributed by atoms with Crippen LogP contribution in [0.5, 0.6) is 0 Å². The molecule has 0 aliphatic heterocycles. The number of H-pyrrole nitrogens is 1. The normalized spacial score (nSPS) is 10.7. The summed E-state index contributed by atoms with van der Waals surface area (Å²) >= 11 is 1.67. The van der Waals surface area contributed by atoms with Gasteiger partial charge in [-0.2, -0.15) is 11.8 Å². The van der Waals surface area contributed by atoms with Gasteiger partial charge in [0.2, 0.25) is 0 Å². The van der Waals surface area contributed by atoms with Gasteiger partial charge in [0.15, 0.2) is 5.78 Å². The van der Waals surface area contributed by atoms with E-state index < -0.39 is 0 Å². The average Bonchev–Trinajstić information content (AvgIpc) is 2.57. The zero-order chi connectivity index (χ0) is 12.0. The Morgan fingerprint density at radius 2 is 2.25 bits per heavy atom. The summed E-state index contributed by atoms with van der Waals surface area (Å²) in [5, 5.41) is 0. The summed E-state index contributed by atoms with van der Waals surface area (Å²) in [6, 6.07) is 1.92. The lowest BCUT2D eigenvalue weighted by molar-refractivity contribution is 0.102. The fourth-order valence-electron chi connectivity index (χ4n) is 1.56. The Bertz CT molecular complexity index is 347. The van der Waals surface area contributed by atoms with Crippen LogP contribution >= 0.6 is 11.8 Å². The van der Waals surface area contributed by atoms with Gasteiger partial charge in [-0.15, -0.1) is 0 Å². The van der Waals surface area contributed by atoms with E-state index in [1.807, 2.05) is 19.9 Å². The van der Waals surface area contributed by atoms with E-state index in [1.165, 1.54) is 0 Å². The molecular formula is C12H19NO2S. The van der Waals surface area contributed by atoms with Crippen molar-refractivity contribution >= 4 is 17.5 Å². The van der Waals surface area contributed by atoms with Gasteiger partial charge < -0.3 is 9.72 Å². The minimum Gasteiger partial charge on any atom is -0.385 e. The predicted molar refractivity (Wildman–Crippen MR) is 68.4 cm³/mol. The summed E-state index contributed by atoms with van der Waals surface area (Å²) in [6.45, 7) is 4.68. The summed E-state index contributed by atoms with van der Waals surface area (Å²) < 4.78 is 4.95. The molecule has 90 valence electrons. The largest absolute Gasteiger partial charge is 0.385 e. The van der Waals surface area contributed by atoms with Crippen molar-refractivity contribution in [2.45, 2.75) is 20.3 Å². The van der Waals surface area contributed by atoms with E-state index in [4.69, 9.17) is 4.74 Å². The number of rotatable bonds is 7. The molecule has 0 saturated heterocycles. The summed E-state index contributed by atoms with van der Waals surface area (Å²) in [7, 11) is 1.70. The van der Waals surface area contributed by atoms with E-state index in [-0.39, 0.29) is 5.78 Å². The van der Waals surface area contributed by atoms with Crippen molar-refractivity contribution in [1.29, 1.82) is 0 Å². The summed E-state index contributed by atoms with van der Waals surface area (Å²) in [6.07, 6.45) is 1.000. The maximum absolute atomic E-state index is 11.8. The van der Waals surface area contributed by atoms with Gasteiger partial charge in [-0.05, 0) is 32.1 Å². The number of Topliss-reactive ketones (excluding diaryl/α,β-unsaturated/α-hetero) is 1. The number of aryl methyl sites for hydroxylation is 2. The number of hydrogen-bond donors (Lipinski definition) is 1. The number of ether oxygens (including phenoxy) is 1. The molecule has 16 heavy (non-hydrogen) atoms. The van der Waals surface area contributed by atoms with E-state index in [2.05, 4.69) is 4.98 Å². The van der Waals surface area contributed by atoms with Crippen LogP contribution < -0.4 is 0 Å². The van der Waals surface area contributed by atoms with E-state index in [9.17, 15) is 4.79 Å². The third kappa shape index (κ3) is 4.02. The molecular weight excluding hydrogens is 222 g/mol. The number of carbonyl (C=O) groups is 1. The molecule has 0 saturated carbocycles. The molecule has 1 aromatic rings. The topological polar surface area (TPSA) is 42.1 Å². The van der Waals surface area contributed by atoms with Crippen LogP contribution in [0.3, 0.4) is 0 Å². The monoisotopic (exact) mass is 241 g/mol. The van der Waals surface area contributed by atoms with Crippen molar-refractivity contribution < 1.29 is 9.53 Å². The molecule has 0 fully saturated rings. The number of aromatic nitrogens is 1. The molecule has 1 heterocycles. The molecule has 0 radical (unpaired) electrons. The van der Waals surface area contributed by atoms with E-state index >= 15 is 0 Å². The lowest BCUT2D eigenvalue weighted by atomic mass is 10.2. The molecule has 0 amide bonds.